The molecule has 0 aromatic carbocycles. The molecular formula is C23H31N7O2S. The second-order valence-electron chi connectivity index (χ2n) is 7.57. The maximum atomic E-state index is 11.8. The Morgan fingerprint density at radius 3 is 2.70 bits per heavy atom. The highest BCUT2D eigenvalue weighted by molar-refractivity contribution is 7.97. The number of nitriles is 1. The third kappa shape index (κ3) is 8.13. The standard InChI is InChI=1S/C23H31N7O2S/c1-30(9-7-26-16-32)8-5-17-10-18(4-3-6-24)23(28-21(17)14-31)29-22-11-19(15-33-2)20(12-25)13-27-22/h10-11,13-14,16H,3-9,15,24H2,1-2H3,(H,26,32)(H,27,28,29). The highest BCUT2D eigenvalue weighted by Crippen LogP contribution is 2.24. The third-order valence-corrected chi connectivity index (χ3v) is 5.72. The highest BCUT2D eigenvalue weighted by Gasteiger charge is 2.14. The van der Waals surface area contributed by atoms with E-state index in [1.54, 1.807) is 18.0 Å². The molecule has 0 aliphatic rings. The van der Waals surface area contributed by atoms with Crippen molar-refractivity contribution < 1.29 is 9.59 Å². The number of hydrogen-bond acceptors (Lipinski definition) is 9. The number of pyridine rings is 2. The van der Waals surface area contributed by atoms with Gasteiger partial charge in [-0.3, -0.25) is 9.59 Å². The number of rotatable bonds is 15. The zero-order valence-electron chi connectivity index (χ0n) is 19.1. The molecule has 0 atom stereocenters. The molecule has 4 N–H and O–H groups in total. The summed E-state index contributed by atoms with van der Waals surface area (Å²) in [5, 5.41) is 15.2. The maximum Gasteiger partial charge on any atom is 0.207 e. The SMILES string of the molecule is CSCc1cc(Nc2nc(C=O)c(CCN(C)CCNC=O)cc2CCCN)ncc1C#N. The summed E-state index contributed by atoms with van der Waals surface area (Å²) in [7, 11) is 1.97. The van der Waals surface area contributed by atoms with Crippen LogP contribution in [-0.4, -0.2) is 67.0 Å². The Hall–Kier alpha value is -3.00. The summed E-state index contributed by atoms with van der Waals surface area (Å²) >= 11 is 1.63. The minimum atomic E-state index is 0.381. The molecule has 2 heterocycles. The molecule has 0 fully saturated rings. The molecule has 0 radical (unpaired) electrons. The summed E-state index contributed by atoms with van der Waals surface area (Å²) in [6, 6.07) is 6.03. The van der Waals surface area contributed by atoms with E-state index in [9.17, 15) is 14.9 Å². The molecule has 0 spiro atoms. The fraction of sp³-hybridized carbons (Fsp3) is 0.435. The molecule has 0 saturated carbocycles. The lowest BCUT2D eigenvalue weighted by Gasteiger charge is -2.18. The second-order valence-corrected chi connectivity index (χ2v) is 8.44. The van der Waals surface area contributed by atoms with Crippen LogP contribution in [-0.2, 0) is 23.4 Å². The van der Waals surface area contributed by atoms with Gasteiger partial charge in [-0.2, -0.15) is 17.0 Å². The first-order valence-corrected chi connectivity index (χ1v) is 12.1. The van der Waals surface area contributed by atoms with Crippen LogP contribution in [0.2, 0.25) is 0 Å². The summed E-state index contributed by atoms with van der Waals surface area (Å²) < 4.78 is 0. The van der Waals surface area contributed by atoms with Gasteiger partial charge in [-0.15, -0.1) is 0 Å². The van der Waals surface area contributed by atoms with E-state index in [4.69, 9.17) is 5.73 Å². The van der Waals surface area contributed by atoms with Gasteiger partial charge in [0.25, 0.3) is 0 Å². The Bertz CT molecular complexity index is 978. The number of thioether (sulfide) groups is 1. The van der Waals surface area contributed by atoms with Gasteiger partial charge in [-0.05, 0) is 67.9 Å². The predicted octanol–water partition coefficient (Wildman–Crippen LogP) is 1.88. The van der Waals surface area contributed by atoms with Gasteiger partial charge >= 0.3 is 0 Å². The number of nitrogens with one attached hydrogen (secondary N) is 2. The maximum absolute atomic E-state index is 11.8. The monoisotopic (exact) mass is 469 g/mol. The van der Waals surface area contributed by atoms with Gasteiger partial charge in [-0.1, -0.05) is 0 Å². The molecular weight excluding hydrogens is 438 g/mol. The van der Waals surface area contributed by atoms with Gasteiger partial charge in [-0.25, -0.2) is 9.97 Å². The molecule has 33 heavy (non-hydrogen) atoms. The number of aryl methyl sites for hydroxylation is 1. The van der Waals surface area contributed by atoms with Crippen molar-refractivity contribution in [3.63, 3.8) is 0 Å². The largest absolute Gasteiger partial charge is 0.357 e. The van der Waals surface area contributed by atoms with Gasteiger partial charge in [0.05, 0.1) is 5.56 Å². The van der Waals surface area contributed by atoms with Crippen LogP contribution in [0, 0.1) is 11.3 Å². The van der Waals surface area contributed by atoms with Gasteiger partial charge in [0, 0.05) is 31.6 Å². The first-order valence-electron chi connectivity index (χ1n) is 10.7. The lowest BCUT2D eigenvalue weighted by atomic mass is 10.0. The number of aromatic nitrogens is 2. The molecule has 0 saturated heterocycles. The number of aldehydes is 1. The van der Waals surface area contributed by atoms with Crippen LogP contribution in [0.25, 0.3) is 0 Å². The van der Waals surface area contributed by atoms with E-state index < -0.39 is 0 Å². The van der Waals surface area contributed by atoms with Gasteiger partial charge in [0.1, 0.15) is 23.4 Å². The van der Waals surface area contributed by atoms with E-state index in [-0.39, 0.29) is 0 Å². The summed E-state index contributed by atoms with van der Waals surface area (Å²) in [5.74, 6) is 1.85. The molecule has 10 heteroatoms. The number of hydrogen-bond donors (Lipinski definition) is 3. The van der Waals surface area contributed by atoms with Gasteiger partial charge in [0.2, 0.25) is 6.41 Å². The minimum absolute atomic E-state index is 0.381. The number of carbonyl (C=O) groups excluding carboxylic acids is 2. The number of nitrogens with zero attached hydrogens (tertiary/aromatic N) is 4. The van der Waals surface area contributed by atoms with E-state index in [0.717, 1.165) is 35.9 Å². The average molecular weight is 470 g/mol. The Balaban J connectivity index is 2.28. The van der Waals surface area contributed by atoms with E-state index in [2.05, 4.69) is 31.6 Å². The second kappa shape index (κ2) is 14.2. The highest BCUT2D eigenvalue weighted by atomic mass is 32.2. The summed E-state index contributed by atoms with van der Waals surface area (Å²) in [4.78, 5) is 33.3. The van der Waals surface area contributed by atoms with Crippen molar-refractivity contribution in [1.82, 2.24) is 20.2 Å². The Morgan fingerprint density at radius 2 is 2.03 bits per heavy atom. The molecule has 0 bridgehead atoms. The first-order chi connectivity index (χ1) is 16.1. The summed E-state index contributed by atoms with van der Waals surface area (Å²) in [5.41, 5.74) is 9.38. The molecule has 2 aromatic rings. The molecule has 2 rings (SSSR count). The summed E-state index contributed by atoms with van der Waals surface area (Å²) in [6.07, 6.45) is 7.14. The van der Waals surface area contributed by atoms with Crippen LogP contribution in [0.1, 0.15) is 39.2 Å². The van der Waals surface area contributed by atoms with Crippen LogP contribution in [0.5, 0.6) is 0 Å². The number of amides is 1. The van der Waals surface area contributed by atoms with Crippen molar-refractivity contribution in [2.75, 3.05) is 44.8 Å². The first kappa shape index (κ1) is 26.3. The van der Waals surface area contributed by atoms with E-state index >= 15 is 0 Å². The summed E-state index contributed by atoms with van der Waals surface area (Å²) in [6.45, 7) is 2.55. The fourth-order valence-electron chi connectivity index (χ4n) is 3.31. The molecule has 1 amide bonds. The van der Waals surface area contributed by atoms with E-state index in [1.807, 2.05) is 25.4 Å². The predicted molar refractivity (Wildman–Crippen MR) is 132 cm³/mol. The molecule has 0 aliphatic carbocycles. The number of anilines is 2. The van der Waals surface area contributed by atoms with Gasteiger partial charge in [0.15, 0.2) is 6.29 Å². The van der Waals surface area contributed by atoms with Crippen LogP contribution >= 0.6 is 11.8 Å². The number of likely N-dealkylation sites (N-methyl/N-ethyl adjacent to an activating group) is 1. The average Bonchev–Trinajstić information content (AvgIpc) is 2.82. The number of nitrogens with two attached hydrogens (primary N) is 1. The van der Waals surface area contributed by atoms with Crippen LogP contribution in [0.3, 0.4) is 0 Å². The molecule has 176 valence electrons. The van der Waals surface area contributed by atoms with Crippen molar-refractivity contribution in [3.8, 4) is 6.07 Å². The molecule has 0 aliphatic heterocycles. The Morgan fingerprint density at radius 1 is 1.21 bits per heavy atom. The van der Waals surface area contributed by atoms with Crippen molar-refractivity contribution in [2.45, 2.75) is 25.0 Å². The fourth-order valence-corrected chi connectivity index (χ4v) is 3.86. The van der Waals surface area contributed by atoms with Crippen LogP contribution < -0.4 is 16.4 Å². The van der Waals surface area contributed by atoms with Gasteiger partial charge < -0.3 is 21.3 Å². The minimum Gasteiger partial charge on any atom is -0.357 e. The Labute approximate surface area is 199 Å². The molecule has 9 nitrogen and oxygen atoms in total. The lowest BCUT2D eigenvalue weighted by Crippen LogP contribution is -2.30. The van der Waals surface area contributed by atoms with E-state index in [0.29, 0.717) is 67.5 Å². The molecule has 0 unspecified atom stereocenters. The van der Waals surface area contributed by atoms with Crippen LogP contribution in [0.15, 0.2) is 18.3 Å². The Kier molecular flexibility index (Phi) is 11.3. The van der Waals surface area contributed by atoms with Crippen molar-refractivity contribution >= 4 is 36.1 Å². The topological polar surface area (TPSA) is 137 Å². The lowest BCUT2D eigenvalue weighted by molar-refractivity contribution is -0.109. The van der Waals surface area contributed by atoms with Crippen LogP contribution in [0.4, 0.5) is 11.6 Å². The van der Waals surface area contributed by atoms with Crippen molar-refractivity contribution in [1.29, 1.82) is 5.26 Å². The van der Waals surface area contributed by atoms with Crippen molar-refractivity contribution in [2.24, 2.45) is 5.73 Å². The normalized spacial score (nSPS) is 10.6. The smallest absolute Gasteiger partial charge is 0.207 e. The molecule has 2 aromatic heterocycles. The zero-order valence-corrected chi connectivity index (χ0v) is 20.0. The zero-order chi connectivity index (χ0) is 24.1. The van der Waals surface area contributed by atoms with Crippen molar-refractivity contribution in [3.05, 3.63) is 46.3 Å². The third-order valence-electron chi connectivity index (χ3n) is 5.12. The quantitative estimate of drug-likeness (QED) is 0.264. The number of carbonyl (C=O) groups is 2. The van der Waals surface area contributed by atoms with E-state index in [1.165, 1.54) is 0 Å².